The van der Waals surface area contributed by atoms with Crippen LogP contribution in [0.25, 0.3) is 16.6 Å². The van der Waals surface area contributed by atoms with Crippen molar-refractivity contribution in [3.8, 4) is 5.69 Å². The van der Waals surface area contributed by atoms with Gasteiger partial charge in [-0.15, -0.1) is 0 Å². The highest BCUT2D eigenvalue weighted by Crippen LogP contribution is 2.40. The number of nitrogens with zero attached hydrogens (tertiary/aromatic N) is 1. The first kappa shape index (κ1) is 23.6. The number of benzene rings is 3. The number of aromatic nitrogens is 1. The number of carbonyl (C=O) groups excluding carboxylic acids is 1. The summed E-state index contributed by atoms with van der Waals surface area (Å²) in [7, 11) is -2.89. The Kier molecular flexibility index (Phi) is 6.03. The molecule has 4 aromatic rings. The molecular weight excluding hydrogens is 460 g/mol. The van der Waals surface area contributed by atoms with Crippen LogP contribution in [0.5, 0.6) is 0 Å². The van der Waals surface area contributed by atoms with E-state index in [1.165, 1.54) is 55.6 Å². The summed E-state index contributed by atoms with van der Waals surface area (Å²) >= 11 is 0. The van der Waals surface area contributed by atoms with Gasteiger partial charge in [-0.05, 0) is 79.1 Å². The number of ether oxygens (including phenoxy) is 1. The quantitative estimate of drug-likeness (QED) is 0.329. The maximum absolute atomic E-state index is 14.3. The normalized spacial score (nSPS) is 11.9. The summed E-state index contributed by atoms with van der Waals surface area (Å²) in [4.78, 5) is 11.7. The minimum atomic E-state index is -4.13. The van der Waals surface area contributed by atoms with Gasteiger partial charge in [0.25, 0.3) is 0 Å². The molecule has 1 aromatic heterocycles. The highest BCUT2D eigenvalue weighted by atomic mass is 32.2. The lowest BCUT2D eigenvalue weighted by atomic mass is 10.1. The summed E-state index contributed by atoms with van der Waals surface area (Å²) in [6.45, 7) is 5.31. The van der Waals surface area contributed by atoms with Gasteiger partial charge in [0.1, 0.15) is 16.5 Å². The Hall–Kier alpha value is -3.52. The third kappa shape index (κ3) is 3.88. The van der Waals surface area contributed by atoms with Gasteiger partial charge in [-0.2, -0.15) is 0 Å². The number of carbonyl (C=O) groups is 1. The maximum atomic E-state index is 14.3. The van der Waals surface area contributed by atoms with E-state index in [1.807, 2.05) is 13.8 Å². The summed E-state index contributed by atoms with van der Waals surface area (Å²) in [6, 6.07) is 13.9. The van der Waals surface area contributed by atoms with Crippen molar-refractivity contribution in [2.45, 2.75) is 36.5 Å². The molecule has 0 fully saturated rings. The van der Waals surface area contributed by atoms with Crippen LogP contribution in [0.3, 0.4) is 0 Å². The fourth-order valence-electron chi connectivity index (χ4n) is 4.11. The Bertz CT molecular complexity index is 1520. The molecule has 0 aliphatic carbocycles. The van der Waals surface area contributed by atoms with Crippen molar-refractivity contribution in [3.05, 3.63) is 89.1 Å². The molecule has 0 saturated carbocycles. The molecule has 34 heavy (non-hydrogen) atoms. The summed E-state index contributed by atoms with van der Waals surface area (Å²) in [5.41, 5.74) is 2.12. The lowest BCUT2D eigenvalue weighted by molar-refractivity contribution is 0.0600. The van der Waals surface area contributed by atoms with Crippen LogP contribution in [0.4, 0.5) is 8.78 Å². The molecule has 3 aromatic carbocycles. The van der Waals surface area contributed by atoms with Crippen LogP contribution < -0.4 is 0 Å². The smallest absolute Gasteiger partial charge is 0.337 e. The SMILES string of the molecule is COC(=O)c1ccc(S(=O)(=O)c2c(C(C)C)n(-c3ccc(F)c(C)c3)c3ccc(F)cc23)cc1. The van der Waals surface area contributed by atoms with E-state index in [0.717, 1.165) is 0 Å². The number of fused-ring (bicyclic) bond motifs is 1. The van der Waals surface area contributed by atoms with Gasteiger partial charge in [0, 0.05) is 16.8 Å². The molecule has 5 nitrogen and oxygen atoms in total. The van der Waals surface area contributed by atoms with Gasteiger partial charge in [-0.25, -0.2) is 22.0 Å². The molecule has 0 amide bonds. The summed E-state index contributed by atoms with van der Waals surface area (Å²) < 4.78 is 62.5. The van der Waals surface area contributed by atoms with Gasteiger partial charge in [0.05, 0.1) is 23.1 Å². The standard InChI is InChI=1S/C26H23F2NO4S/c1-15(2)24-25(34(31,32)20-9-5-17(6-10-20)26(30)33-4)21-14-18(27)7-12-23(21)29(24)19-8-11-22(28)16(3)13-19/h5-15H,1-4H3. The van der Waals surface area contributed by atoms with Crippen LogP contribution in [0.15, 0.2) is 70.5 Å². The first-order valence-electron chi connectivity index (χ1n) is 10.6. The van der Waals surface area contributed by atoms with E-state index in [4.69, 9.17) is 0 Å². The van der Waals surface area contributed by atoms with Crippen molar-refractivity contribution in [2.75, 3.05) is 7.11 Å². The molecule has 0 N–H and O–H groups in total. The Morgan fingerprint density at radius 2 is 1.65 bits per heavy atom. The number of hydrogen-bond acceptors (Lipinski definition) is 4. The Balaban J connectivity index is 2.06. The van der Waals surface area contributed by atoms with Gasteiger partial charge < -0.3 is 9.30 Å². The van der Waals surface area contributed by atoms with E-state index in [1.54, 1.807) is 23.6 Å². The van der Waals surface area contributed by atoms with Crippen LogP contribution in [0.1, 0.15) is 41.4 Å². The number of sulfone groups is 1. The molecule has 0 radical (unpaired) electrons. The van der Waals surface area contributed by atoms with Gasteiger partial charge in [-0.3, -0.25) is 0 Å². The van der Waals surface area contributed by atoms with Gasteiger partial charge in [-0.1, -0.05) is 13.8 Å². The third-order valence-corrected chi connectivity index (χ3v) is 7.58. The Morgan fingerprint density at radius 3 is 2.24 bits per heavy atom. The molecular formula is C26H23F2NO4S. The predicted molar refractivity (Wildman–Crippen MR) is 125 cm³/mol. The van der Waals surface area contributed by atoms with E-state index in [-0.39, 0.29) is 32.5 Å². The molecule has 0 saturated heterocycles. The van der Waals surface area contributed by atoms with E-state index in [0.29, 0.717) is 22.5 Å². The van der Waals surface area contributed by atoms with E-state index >= 15 is 0 Å². The third-order valence-electron chi connectivity index (χ3n) is 5.72. The Labute approximate surface area is 196 Å². The summed E-state index contributed by atoms with van der Waals surface area (Å²) in [5.74, 6) is -1.82. The monoisotopic (exact) mass is 483 g/mol. The van der Waals surface area contributed by atoms with E-state index in [9.17, 15) is 22.0 Å². The molecule has 0 bridgehead atoms. The molecule has 1 heterocycles. The lowest BCUT2D eigenvalue weighted by Gasteiger charge is -2.16. The van der Waals surface area contributed by atoms with Crippen LogP contribution in [-0.4, -0.2) is 26.1 Å². The van der Waals surface area contributed by atoms with Crippen molar-refractivity contribution in [1.82, 2.24) is 4.57 Å². The number of hydrogen-bond donors (Lipinski definition) is 0. The average molecular weight is 484 g/mol. The highest BCUT2D eigenvalue weighted by Gasteiger charge is 2.31. The average Bonchev–Trinajstić information content (AvgIpc) is 3.15. The molecule has 0 atom stereocenters. The molecule has 0 aliphatic heterocycles. The van der Waals surface area contributed by atoms with Crippen LogP contribution in [0, 0.1) is 18.6 Å². The van der Waals surface area contributed by atoms with E-state index in [2.05, 4.69) is 4.74 Å². The van der Waals surface area contributed by atoms with Crippen LogP contribution in [-0.2, 0) is 14.6 Å². The zero-order valence-corrected chi connectivity index (χ0v) is 19.9. The van der Waals surface area contributed by atoms with Gasteiger partial charge in [0.2, 0.25) is 9.84 Å². The topological polar surface area (TPSA) is 65.4 Å². The fourth-order valence-corrected chi connectivity index (χ4v) is 5.89. The molecule has 176 valence electrons. The van der Waals surface area contributed by atoms with Gasteiger partial charge >= 0.3 is 5.97 Å². The summed E-state index contributed by atoms with van der Waals surface area (Å²) in [6.07, 6.45) is 0. The molecule has 8 heteroatoms. The van der Waals surface area contributed by atoms with Gasteiger partial charge in [0.15, 0.2) is 0 Å². The first-order valence-corrected chi connectivity index (χ1v) is 12.1. The molecule has 0 aliphatic rings. The molecule has 4 rings (SSSR count). The van der Waals surface area contributed by atoms with Crippen molar-refractivity contribution < 1.29 is 26.7 Å². The zero-order valence-electron chi connectivity index (χ0n) is 19.1. The van der Waals surface area contributed by atoms with Crippen molar-refractivity contribution >= 4 is 26.7 Å². The van der Waals surface area contributed by atoms with Crippen molar-refractivity contribution in [1.29, 1.82) is 0 Å². The highest BCUT2D eigenvalue weighted by molar-refractivity contribution is 7.91. The van der Waals surface area contributed by atoms with E-state index < -0.39 is 21.6 Å². The number of esters is 1. The van der Waals surface area contributed by atoms with Crippen molar-refractivity contribution in [2.24, 2.45) is 0 Å². The maximum Gasteiger partial charge on any atom is 0.337 e. The van der Waals surface area contributed by atoms with Crippen LogP contribution in [0.2, 0.25) is 0 Å². The second-order valence-electron chi connectivity index (χ2n) is 8.32. The molecule has 0 spiro atoms. The minimum Gasteiger partial charge on any atom is -0.465 e. The number of rotatable bonds is 5. The van der Waals surface area contributed by atoms with Crippen LogP contribution >= 0.6 is 0 Å². The zero-order chi connectivity index (χ0) is 24.8. The summed E-state index contributed by atoms with van der Waals surface area (Å²) in [5, 5.41) is 0.225. The number of halogens is 2. The first-order chi connectivity index (χ1) is 16.1. The predicted octanol–water partition coefficient (Wildman–Crippen LogP) is 5.96. The number of aryl methyl sites for hydroxylation is 1. The second kappa shape index (κ2) is 8.68. The largest absolute Gasteiger partial charge is 0.465 e. The fraction of sp³-hybridized carbons (Fsp3) is 0.192. The number of methoxy groups -OCH3 is 1. The lowest BCUT2D eigenvalue weighted by Crippen LogP contribution is -2.10. The Morgan fingerprint density at radius 1 is 0.971 bits per heavy atom. The molecule has 0 unspecified atom stereocenters. The van der Waals surface area contributed by atoms with Crippen molar-refractivity contribution in [3.63, 3.8) is 0 Å². The second-order valence-corrected chi connectivity index (χ2v) is 10.2. The minimum absolute atomic E-state index is 0.0233.